The molecule has 0 amide bonds. The third kappa shape index (κ3) is 3.76. The number of nitrogens with one attached hydrogen (secondary N) is 2. The van der Waals surface area contributed by atoms with Crippen LogP contribution in [0.5, 0.6) is 0 Å². The highest BCUT2D eigenvalue weighted by Crippen LogP contribution is 2.32. The van der Waals surface area contributed by atoms with Crippen molar-refractivity contribution in [3.63, 3.8) is 0 Å². The maximum atomic E-state index is 13.0. The highest BCUT2D eigenvalue weighted by molar-refractivity contribution is 5.94. The van der Waals surface area contributed by atoms with Crippen molar-refractivity contribution in [3.05, 3.63) is 99.7 Å². The Morgan fingerprint density at radius 2 is 1.79 bits per heavy atom. The summed E-state index contributed by atoms with van der Waals surface area (Å²) in [6.45, 7) is 3.84. The Morgan fingerprint density at radius 3 is 2.58 bits per heavy atom. The Balaban J connectivity index is 1.64. The molecule has 0 saturated heterocycles. The Kier molecular flexibility index (Phi) is 4.98. The van der Waals surface area contributed by atoms with Crippen molar-refractivity contribution in [2.24, 2.45) is 0 Å². The Bertz CT molecular complexity index is 1550. The first-order valence-corrected chi connectivity index (χ1v) is 10.7. The second-order valence-corrected chi connectivity index (χ2v) is 8.19. The van der Waals surface area contributed by atoms with Crippen LogP contribution in [0.15, 0.2) is 82.0 Å². The van der Waals surface area contributed by atoms with Crippen molar-refractivity contribution in [2.45, 2.75) is 19.9 Å². The van der Waals surface area contributed by atoms with Crippen LogP contribution >= 0.6 is 0 Å². The summed E-state index contributed by atoms with van der Waals surface area (Å²) in [4.78, 5) is 28.0. The number of aryl methyl sites for hydroxylation is 1. The third-order valence-electron chi connectivity index (χ3n) is 5.79. The summed E-state index contributed by atoms with van der Waals surface area (Å²) in [7, 11) is 0. The summed E-state index contributed by atoms with van der Waals surface area (Å²) < 4.78 is 6.29. The van der Waals surface area contributed by atoms with E-state index in [2.05, 4.69) is 10.3 Å². The molecule has 1 atom stereocenters. The molecule has 0 bridgehead atoms. The minimum atomic E-state index is -1.01. The zero-order valence-corrected chi connectivity index (χ0v) is 18.2. The zero-order valence-electron chi connectivity index (χ0n) is 18.2. The minimum absolute atomic E-state index is 0.131. The number of rotatable bonds is 5. The van der Waals surface area contributed by atoms with Crippen LogP contribution in [0.3, 0.4) is 0 Å². The Labute approximate surface area is 189 Å². The molecule has 0 fully saturated rings. The van der Waals surface area contributed by atoms with E-state index in [1.165, 1.54) is 6.07 Å². The van der Waals surface area contributed by atoms with E-state index in [0.29, 0.717) is 22.4 Å². The van der Waals surface area contributed by atoms with Gasteiger partial charge < -0.3 is 19.8 Å². The number of fused-ring (bicyclic) bond motifs is 2. The number of H-pyrrole nitrogens is 1. The molecule has 3 N–H and O–H groups in total. The smallest absolute Gasteiger partial charge is 0.337 e. The summed E-state index contributed by atoms with van der Waals surface area (Å²) in [6.07, 6.45) is 0. The number of hydrogen-bond acceptors (Lipinski definition) is 4. The molecule has 0 spiro atoms. The average Bonchev–Trinajstić information content (AvgIpc) is 3.23. The van der Waals surface area contributed by atoms with Gasteiger partial charge in [0.05, 0.1) is 22.7 Å². The molecule has 5 rings (SSSR count). The monoisotopic (exact) mass is 438 g/mol. The predicted octanol–water partition coefficient (Wildman–Crippen LogP) is 6.12. The van der Waals surface area contributed by atoms with E-state index in [0.717, 1.165) is 27.7 Å². The van der Waals surface area contributed by atoms with Crippen LogP contribution in [0.4, 0.5) is 5.69 Å². The number of para-hydroxylation sites is 2. The van der Waals surface area contributed by atoms with E-state index in [1.807, 2.05) is 56.3 Å². The van der Waals surface area contributed by atoms with Gasteiger partial charge in [-0.15, -0.1) is 0 Å². The SMILES string of the molecule is Cc1cc(C(C)Nc2ccccc2C(=O)O)c2oc(-c3cc4ccccc4[nH]3)cc(=O)c2c1. The number of aromatic amines is 1. The fourth-order valence-corrected chi connectivity index (χ4v) is 4.20. The molecule has 33 heavy (non-hydrogen) atoms. The van der Waals surface area contributed by atoms with Gasteiger partial charge in [0.1, 0.15) is 5.58 Å². The Hall–Kier alpha value is -4.32. The molecule has 0 aliphatic heterocycles. The molecule has 6 heteroatoms. The number of aromatic carboxylic acids is 1. The molecular formula is C27H22N2O4. The second-order valence-electron chi connectivity index (χ2n) is 8.19. The predicted molar refractivity (Wildman–Crippen MR) is 130 cm³/mol. The highest BCUT2D eigenvalue weighted by atomic mass is 16.4. The van der Waals surface area contributed by atoms with Gasteiger partial charge in [-0.3, -0.25) is 4.79 Å². The van der Waals surface area contributed by atoms with Gasteiger partial charge in [-0.25, -0.2) is 4.79 Å². The molecule has 2 heterocycles. The first-order chi connectivity index (χ1) is 15.9. The summed E-state index contributed by atoms with van der Waals surface area (Å²) in [5.74, 6) is -0.557. The third-order valence-corrected chi connectivity index (χ3v) is 5.79. The molecule has 2 aromatic heterocycles. The van der Waals surface area contributed by atoms with Crippen molar-refractivity contribution < 1.29 is 14.3 Å². The standard InChI is InChI=1S/C27H22N2O4/c1-15-11-19(16(2)28-22-10-6-4-8-18(22)27(31)32)26-20(12-15)24(30)14-25(33-26)23-13-17-7-3-5-9-21(17)29-23/h3-14,16,28-29H,1-2H3,(H,31,32). The summed E-state index contributed by atoms with van der Waals surface area (Å²) in [5.41, 5.74) is 4.41. The average molecular weight is 438 g/mol. The fourth-order valence-electron chi connectivity index (χ4n) is 4.20. The lowest BCUT2D eigenvalue weighted by Crippen LogP contribution is -2.12. The lowest BCUT2D eigenvalue weighted by molar-refractivity contribution is 0.0698. The maximum Gasteiger partial charge on any atom is 0.337 e. The van der Waals surface area contributed by atoms with Gasteiger partial charge in [0.2, 0.25) is 0 Å². The fraction of sp³-hybridized carbons (Fsp3) is 0.111. The van der Waals surface area contributed by atoms with Gasteiger partial charge in [-0.1, -0.05) is 36.4 Å². The van der Waals surface area contributed by atoms with E-state index in [4.69, 9.17) is 4.42 Å². The molecule has 0 saturated carbocycles. The van der Waals surface area contributed by atoms with Crippen molar-refractivity contribution >= 4 is 33.5 Å². The topological polar surface area (TPSA) is 95.3 Å². The molecule has 164 valence electrons. The van der Waals surface area contributed by atoms with Crippen LogP contribution in [0.1, 0.15) is 34.5 Å². The van der Waals surface area contributed by atoms with Gasteiger partial charge in [-0.05, 0) is 49.7 Å². The van der Waals surface area contributed by atoms with E-state index in [9.17, 15) is 14.7 Å². The van der Waals surface area contributed by atoms with Gasteiger partial charge in [0, 0.05) is 28.2 Å². The number of carboxylic acid groups (broad SMARTS) is 1. The van der Waals surface area contributed by atoms with Gasteiger partial charge in [0.15, 0.2) is 11.2 Å². The first kappa shape index (κ1) is 20.6. The summed E-state index contributed by atoms with van der Waals surface area (Å²) in [6, 6.07) is 21.6. The molecule has 3 aromatic carbocycles. The van der Waals surface area contributed by atoms with Crippen molar-refractivity contribution in [3.8, 4) is 11.5 Å². The lowest BCUT2D eigenvalue weighted by Gasteiger charge is -2.19. The number of carboxylic acids is 1. The van der Waals surface area contributed by atoms with E-state index >= 15 is 0 Å². The van der Waals surface area contributed by atoms with Crippen LogP contribution in [0.25, 0.3) is 33.3 Å². The quantitative estimate of drug-likeness (QED) is 0.307. The summed E-state index contributed by atoms with van der Waals surface area (Å²) in [5, 5.41) is 14.3. The zero-order chi connectivity index (χ0) is 23.1. The van der Waals surface area contributed by atoms with Crippen LogP contribution in [-0.2, 0) is 0 Å². The van der Waals surface area contributed by atoms with Crippen molar-refractivity contribution in [1.82, 2.24) is 4.98 Å². The molecule has 1 unspecified atom stereocenters. The van der Waals surface area contributed by atoms with E-state index in [-0.39, 0.29) is 17.0 Å². The number of aromatic nitrogens is 1. The molecule has 0 aliphatic carbocycles. The largest absolute Gasteiger partial charge is 0.478 e. The van der Waals surface area contributed by atoms with Crippen LogP contribution < -0.4 is 10.7 Å². The van der Waals surface area contributed by atoms with Crippen molar-refractivity contribution in [1.29, 1.82) is 0 Å². The first-order valence-electron chi connectivity index (χ1n) is 10.7. The lowest BCUT2D eigenvalue weighted by atomic mass is 10.0. The van der Waals surface area contributed by atoms with Gasteiger partial charge >= 0.3 is 5.97 Å². The highest BCUT2D eigenvalue weighted by Gasteiger charge is 2.19. The number of anilines is 1. The number of hydrogen-bond donors (Lipinski definition) is 3. The van der Waals surface area contributed by atoms with Crippen molar-refractivity contribution in [2.75, 3.05) is 5.32 Å². The minimum Gasteiger partial charge on any atom is -0.478 e. The van der Waals surface area contributed by atoms with E-state index in [1.54, 1.807) is 24.3 Å². The second kappa shape index (κ2) is 7.98. The molecule has 6 nitrogen and oxygen atoms in total. The van der Waals surface area contributed by atoms with Gasteiger partial charge in [-0.2, -0.15) is 0 Å². The number of benzene rings is 3. The Morgan fingerprint density at radius 1 is 1.03 bits per heavy atom. The van der Waals surface area contributed by atoms with Crippen LogP contribution in [-0.4, -0.2) is 16.1 Å². The van der Waals surface area contributed by atoms with Crippen LogP contribution in [0.2, 0.25) is 0 Å². The van der Waals surface area contributed by atoms with Gasteiger partial charge in [0.25, 0.3) is 0 Å². The molecular weight excluding hydrogens is 416 g/mol. The molecule has 0 radical (unpaired) electrons. The maximum absolute atomic E-state index is 13.0. The van der Waals surface area contributed by atoms with E-state index < -0.39 is 5.97 Å². The summed E-state index contributed by atoms with van der Waals surface area (Å²) >= 11 is 0. The molecule has 5 aromatic rings. The molecule has 0 aliphatic rings. The normalized spacial score (nSPS) is 12.2. The van der Waals surface area contributed by atoms with Crippen LogP contribution in [0, 0.1) is 6.92 Å². The number of carbonyl (C=O) groups is 1.